The Kier molecular flexibility index (Phi) is 5.22. The number of hydrogen-bond donors (Lipinski definition) is 0. The van der Waals surface area contributed by atoms with Gasteiger partial charge in [0.25, 0.3) is 0 Å². The number of nitriles is 2. The van der Waals surface area contributed by atoms with E-state index in [1.54, 1.807) is 12.1 Å². The van der Waals surface area contributed by atoms with Gasteiger partial charge in [0, 0.05) is 44.0 Å². The van der Waals surface area contributed by atoms with E-state index < -0.39 is 0 Å². The minimum Gasteiger partial charge on any atom is -0.309 e. The van der Waals surface area contributed by atoms with E-state index in [2.05, 4.69) is 118 Å². The molecule has 6 aromatic carbocycles. The third-order valence-corrected chi connectivity index (χ3v) is 8.17. The van der Waals surface area contributed by atoms with Gasteiger partial charge in [-0.1, -0.05) is 78.9 Å². The van der Waals surface area contributed by atoms with Gasteiger partial charge < -0.3 is 9.13 Å². The second kappa shape index (κ2) is 9.24. The zero-order valence-electron chi connectivity index (χ0n) is 22.5. The summed E-state index contributed by atoms with van der Waals surface area (Å²) in [7, 11) is 0. The molecular formula is C38H22N4. The van der Waals surface area contributed by atoms with Gasteiger partial charge in [-0.2, -0.15) is 10.5 Å². The second-order valence-corrected chi connectivity index (χ2v) is 10.4. The third kappa shape index (κ3) is 3.40. The Hall–Kier alpha value is -6.10. The molecule has 0 atom stereocenters. The predicted molar refractivity (Wildman–Crippen MR) is 170 cm³/mol. The van der Waals surface area contributed by atoms with Gasteiger partial charge in [-0.05, 0) is 54.6 Å². The maximum absolute atomic E-state index is 10.3. The van der Waals surface area contributed by atoms with Crippen LogP contribution in [0.3, 0.4) is 0 Å². The molecule has 8 rings (SSSR count). The first-order valence-electron chi connectivity index (χ1n) is 13.8. The van der Waals surface area contributed by atoms with Crippen molar-refractivity contribution in [2.45, 2.75) is 0 Å². The van der Waals surface area contributed by atoms with Gasteiger partial charge in [0.15, 0.2) is 0 Å². The van der Waals surface area contributed by atoms with E-state index in [1.165, 1.54) is 10.8 Å². The van der Waals surface area contributed by atoms with E-state index in [4.69, 9.17) is 0 Å². The zero-order valence-corrected chi connectivity index (χ0v) is 22.5. The van der Waals surface area contributed by atoms with E-state index in [1.807, 2.05) is 24.3 Å². The third-order valence-electron chi connectivity index (χ3n) is 8.17. The maximum Gasteiger partial charge on any atom is 0.0998 e. The summed E-state index contributed by atoms with van der Waals surface area (Å²) in [5.74, 6) is 0. The molecule has 4 heteroatoms. The Balaban J connectivity index is 1.59. The second-order valence-electron chi connectivity index (χ2n) is 10.4. The molecule has 8 aromatic rings. The maximum atomic E-state index is 10.3. The van der Waals surface area contributed by atoms with Crippen LogP contribution in [0.2, 0.25) is 0 Å². The van der Waals surface area contributed by atoms with Crippen LogP contribution in [-0.2, 0) is 0 Å². The fourth-order valence-corrected chi connectivity index (χ4v) is 6.40. The topological polar surface area (TPSA) is 57.4 Å². The van der Waals surface area contributed by atoms with Crippen molar-refractivity contribution in [1.82, 2.24) is 9.13 Å². The lowest BCUT2D eigenvalue weighted by molar-refractivity contribution is 1.17. The average molecular weight is 535 g/mol. The first kappa shape index (κ1) is 23.8. The molecule has 0 amide bonds. The monoisotopic (exact) mass is 534 g/mol. The highest BCUT2D eigenvalue weighted by molar-refractivity contribution is 6.16. The molecule has 0 radical (unpaired) electrons. The summed E-state index contributed by atoms with van der Waals surface area (Å²) in [6.45, 7) is 0. The van der Waals surface area contributed by atoms with Crippen LogP contribution in [0, 0.1) is 22.7 Å². The van der Waals surface area contributed by atoms with Gasteiger partial charge in [0.2, 0.25) is 0 Å². The van der Waals surface area contributed by atoms with Gasteiger partial charge in [-0.3, -0.25) is 0 Å². The number of nitrogens with zero attached hydrogens (tertiary/aromatic N) is 4. The smallest absolute Gasteiger partial charge is 0.0998 e. The van der Waals surface area contributed by atoms with Gasteiger partial charge >= 0.3 is 0 Å². The Labute approximate surface area is 242 Å². The van der Waals surface area contributed by atoms with Crippen LogP contribution < -0.4 is 0 Å². The van der Waals surface area contributed by atoms with Crippen molar-refractivity contribution in [3.63, 3.8) is 0 Å². The molecule has 194 valence electrons. The van der Waals surface area contributed by atoms with E-state index in [0.29, 0.717) is 11.1 Å². The molecule has 0 unspecified atom stereocenters. The van der Waals surface area contributed by atoms with Gasteiger partial charge in [-0.15, -0.1) is 0 Å². The molecule has 0 bridgehead atoms. The number of hydrogen-bond acceptors (Lipinski definition) is 2. The van der Waals surface area contributed by atoms with Crippen molar-refractivity contribution >= 4 is 43.6 Å². The highest BCUT2D eigenvalue weighted by Gasteiger charge is 2.21. The zero-order chi connectivity index (χ0) is 28.2. The Morgan fingerprint density at radius 3 is 1.62 bits per heavy atom. The molecule has 0 aliphatic rings. The van der Waals surface area contributed by atoms with E-state index in [0.717, 1.165) is 55.3 Å². The summed E-state index contributed by atoms with van der Waals surface area (Å²) >= 11 is 0. The lowest BCUT2D eigenvalue weighted by Crippen LogP contribution is -1.99. The van der Waals surface area contributed by atoms with Crippen LogP contribution >= 0.6 is 0 Å². The Morgan fingerprint density at radius 2 is 1.00 bits per heavy atom. The molecular weight excluding hydrogens is 512 g/mol. The predicted octanol–water partition coefficient (Wildman–Crippen LogP) is 9.29. The molecule has 0 N–H and O–H groups in total. The first-order valence-corrected chi connectivity index (χ1v) is 13.8. The molecule has 0 aliphatic heterocycles. The van der Waals surface area contributed by atoms with Crippen molar-refractivity contribution in [2.75, 3.05) is 0 Å². The van der Waals surface area contributed by atoms with Crippen molar-refractivity contribution in [3.05, 3.63) is 145 Å². The number of rotatable bonds is 3. The van der Waals surface area contributed by atoms with E-state index >= 15 is 0 Å². The van der Waals surface area contributed by atoms with Crippen molar-refractivity contribution < 1.29 is 0 Å². The van der Waals surface area contributed by atoms with Crippen LogP contribution in [0.4, 0.5) is 0 Å². The number of para-hydroxylation sites is 4. The summed E-state index contributed by atoms with van der Waals surface area (Å²) in [5.41, 5.74) is 9.08. The number of benzene rings is 6. The summed E-state index contributed by atoms with van der Waals surface area (Å²) in [4.78, 5) is 0. The van der Waals surface area contributed by atoms with Crippen LogP contribution in [0.1, 0.15) is 11.1 Å². The molecule has 0 saturated heterocycles. The van der Waals surface area contributed by atoms with Crippen LogP contribution in [0.15, 0.2) is 133 Å². The minimum absolute atomic E-state index is 0.466. The minimum atomic E-state index is 0.466. The molecule has 2 aromatic heterocycles. The van der Waals surface area contributed by atoms with Crippen molar-refractivity contribution in [2.24, 2.45) is 0 Å². The normalized spacial score (nSPS) is 11.3. The molecule has 4 nitrogen and oxygen atoms in total. The molecule has 42 heavy (non-hydrogen) atoms. The van der Waals surface area contributed by atoms with Crippen molar-refractivity contribution in [1.29, 1.82) is 10.5 Å². The van der Waals surface area contributed by atoms with Gasteiger partial charge in [-0.25, -0.2) is 0 Å². The Morgan fingerprint density at radius 1 is 0.429 bits per heavy atom. The number of aromatic nitrogens is 2. The molecule has 0 saturated carbocycles. The van der Waals surface area contributed by atoms with Crippen LogP contribution in [-0.4, -0.2) is 9.13 Å². The SMILES string of the molecule is N#Cc1ccc(-c2cc(-n3c4ccccc4c4ccccc43)cc3c4ccccc4n(-c4ccccc4)c23)c(C#N)c1. The number of fused-ring (bicyclic) bond motifs is 6. The average Bonchev–Trinajstić information content (AvgIpc) is 3.57. The molecule has 0 aliphatic carbocycles. The lowest BCUT2D eigenvalue weighted by atomic mass is 9.95. The summed E-state index contributed by atoms with van der Waals surface area (Å²) < 4.78 is 4.60. The highest BCUT2D eigenvalue weighted by atomic mass is 15.0. The van der Waals surface area contributed by atoms with E-state index in [-0.39, 0.29) is 0 Å². The summed E-state index contributed by atoms with van der Waals surface area (Å²) in [6.07, 6.45) is 0. The fourth-order valence-electron chi connectivity index (χ4n) is 6.40. The molecule has 2 heterocycles. The Bertz CT molecular complexity index is 2380. The first-order chi connectivity index (χ1) is 20.8. The van der Waals surface area contributed by atoms with Crippen LogP contribution in [0.25, 0.3) is 66.1 Å². The standard InChI is InChI=1S/C38H22N4/c39-23-25-18-19-29(26(20-25)24-40)33-21-28(41-35-15-7-4-12-30(35)31-13-5-8-16-36(31)41)22-34-32-14-6-9-17-37(32)42(38(33)34)27-10-2-1-3-11-27/h1-22H. The summed E-state index contributed by atoms with van der Waals surface area (Å²) in [6, 6.07) is 50.2. The molecule has 0 spiro atoms. The van der Waals surface area contributed by atoms with Crippen LogP contribution in [0.5, 0.6) is 0 Å². The lowest BCUT2D eigenvalue weighted by Gasteiger charge is -2.16. The largest absolute Gasteiger partial charge is 0.309 e. The van der Waals surface area contributed by atoms with E-state index in [9.17, 15) is 10.5 Å². The summed E-state index contributed by atoms with van der Waals surface area (Å²) in [5, 5.41) is 24.5. The van der Waals surface area contributed by atoms with Gasteiger partial charge in [0.05, 0.1) is 45.3 Å². The molecule has 0 fully saturated rings. The quantitative estimate of drug-likeness (QED) is 0.227. The van der Waals surface area contributed by atoms with Gasteiger partial charge in [0.1, 0.15) is 0 Å². The van der Waals surface area contributed by atoms with Crippen molar-refractivity contribution in [3.8, 4) is 34.6 Å². The highest BCUT2D eigenvalue weighted by Crippen LogP contribution is 2.42. The fraction of sp³-hybridized carbons (Fsp3) is 0.